The SMILES string of the molecule is O=C(OCOc1ccc2c(c1)[C@@]13CCCC[C@H]1[C@@H](C2)N(C(=O)OCc1ccccc1)CC3)OC1CCCC2CCCCC21. The molecule has 5 aliphatic rings. The van der Waals surface area contributed by atoms with E-state index in [-0.39, 0.29) is 30.4 Å². The fourth-order valence-corrected chi connectivity index (χ4v) is 9.43. The van der Waals surface area contributed by atoms with Gasteiger partial charge in [-0.15, -0.1) is 0 Å². The van der Waals surface area contributed by atoms with E-state index in [9.17, 15) is 9.59 Å². The molecule has 1 saturated heterocycles. The largest absolute Gasteiger partial charge is 0.511 e. The number of hydrogen-bond acceptors (Lipinski definition) is 6. The van der Waals surface area contributed by atoms with Crippen LogP contribution in [0.4, 0.5) is 9.59 Å². The molecule has 1 heterocycles. The Kier molecular flexibility index (Phi) is 8.24. The molecule has 4 fully saturated rings. The van der Waals surface area contributed by atoms with E-state index >= 15 is 0 Å². The van der Waals surface area contributed by atoms with Gasteiger partial charge in [0.05, 0.1) is 0 Å². The zero-order valence-electron chi connectivity index (χ0n) is 25.2. The van der Waals surface area contributed by atoms with Gasteiger partial charge < -0.3 is 23.8 Å². The number of carbonyl (C=O) groups is 2. The molecule has 7 rings (SSSR count). The van der Waals surface area contributed by atoms with Crippen LogP contribution in [-0.2, 0) is 32.7 Å². The van der Waals surface area contributed by atoms with E-state index in [0.717, 1.165) is 56.3 Å². The first-order chi connectivity index (χ1) is 21.1. The number of hydrogen-bond donors (Lipinski definition) is 0. The summed E-state index contributed by atoms with van der Waals surface area (Å²) in [5.74, 6) is 2.31. The normalized spacial score (nSPS) is 31.1. The van der Waals surface area contributed by atoms with E-state index in [0.29, 0.717) is 30.9 Å². The molecular weight excluding hydrogens is 542 g/mol. The number of carbonyl (C=O) groups excluding carboxylic acids is 2. The number of ether oxygens (including phenoxy) is 4. The summed E-state index contributed by atoms with van der Waals surface area (Å²) in [5, 5.41) is 0. The maximum Gasteiger partial charge on any atom is 0.511 e. The molecule has 0 radical (unpaired) electrons. The molecule has 1 amide bonds. The van der Waals surface area contributed by atoms with Gasteiger partial charge in [0.25, 0.3) is 0 Å². The molecule has 2 aromatic rings. The average molecular weight is 588 g/mol. The molecule has 230 valence electrons. The minimum Gasteiger partial charge on any atom is -0.457 e. The van der Waals surface area contributed by atoms with Gasteiger partial charge in [-0.3, -0.25) is 0 Å². The fraction of sp³-hybridized carbons (Fsp3) is 0.611. The first kappa shape index (κ1) is 28.5. The summed E-state index contributed by atoms with van der Waals surface area (Å²) in [6.07, 6.45) is 13.8. The molecule has 2 bridgehead atoms. The zero-order valence-corrected chi connectivity index (χ0v) is 25.2. The third-order valence-electron chi connectivity index (χ3n) is 11.4. The molecular formula is C36H45NO6. The lowest BCUT2D eigenvalue weighted by Crippen LogP contribution is -2.62. The van der Waals surface area contributed by atoms with Crippen LogP contribution in [-0.4, -0.2) is 42.6 Å². The van der Waals surface area contributed by atoms with Gasteiger partial charge in [0.15, 0.2) is 0 Å². The minimum absolute atomic E-state index is 0.0212. The Labute approximate surface area is 255 Å². The highest BCUT2D eigenvalue weighted by Crippen LogP contribution is 2.56. The molecule has 3 unspecified atom stereocenters. The summed E-state index contributed by atoms with van der Waals surface area (Å²) in [5.41, 5.74) is 3.70. The van der Waals surface area contributed by atoms with Gasteiger partial charge in [0.1, 0.15) is 18.5 Å². The Morgan fingerprint density at radius 3 is 2.60 bits per heavy atom. The summed E-state index contributed by atoms with van der Waals surface area (Å²) in [4.78, 5) is 27.9. The van der Waals surface area contributed by atoms with E-state index in [1.54, 1.807) is 0 Å². The second-order valence-electron chi connectivity index (χ2n) is 13.5. The Morgan fingerprint density at radius 1 is 0.860 bits per heavy atom. The smallest absolute Gasteiger partial charge is 0.457 e. The van der Waals surface area contributed by atoms with Crippen molar-refractivity contribution in [2.75, 3.05) is 13.3 Å². The van der Waals surface area contributed by atoms with Crippen molar-refractivity contribution >= 4 is 12.2 Å². The van der Waals surface area contributed by atoms with Crippen LogP contribution < -0.4 is 4.74 Å². The van der Waals surface area contributed by atoms with Crippen molar-refractivity contribution in [3.63, 3.8) is 0 Å². The first-order valence-electron chi connectivity index (χ1n) is 16.7. The van der Waals surface area contributed by atoms with Crippen molar-refractivity contribution in [2.45, 2.75) is 108 Å². The van der Waals surface area contributed by atoms with E-state index in [1.165, 1.54) is 49.7 Å². The Morgan fingerprint density at radius 2 is 1.70 bits per heavy atom. The van der Waals surface area contributed by atoms with Gasteiger partial charge in [0, 0.05) is 18.0 Å². The van der Waals surface area contributed by atoms with Gasteiger partial charge in [-0.05, 0) is 97.9 Å². The molecule has 4 aliphatic carbocycles. The molecule has 1 aliphatic heterocycles. The number of likely N-dealkylation sites (tertiary alicyclic amines) is 1. The van der Waals surface area contributed by atoms with E-state index in [1.807, 2.05) is 41.3 Å². The summed E-state index contributed by atoms with van der Waals surface area (Å²) in [6.45, 7) is 0.850. The summed E-state index contributed by atoms with van der Waals surface area (Å²) >= 11 is 0. The molecule has 7 nitrogen and oxygen atoms in total. The third kappa shape index (κ3) is 5.72. The van der Waals surface area contributed by atoms with Gasteiger partial charge >= 0.3 is 12.2 Å². The second kappa shape index (κ2) is 12.4. The Bertz CT molecular complexity index is 1300. The third-order valence-corrected chi connectivity index (χ3v) is 11.4. The highest BCUT2D eigenvalue weighted by Gasteiger charge is 2.55. The summed E-state index contributed by atoms with van der Waals surface area (Å²) in [7, 11) is 0. The topological polar surface area (TPSA) is 74.3 Å². The Hall–Kier alpha value is -3.22. The van der Waals surface area contributed by atoms with Gasteiger partial charge in [-0.25, -0.2) is 9.59 Å². The van der Waals surface area contributed by atoms with Crippen molar-refractivity contribution in [2.24, 2.45) is 17.8 Å². The monoisotopic (exact) mass is 587 g/mol. The maximum absolute atomic E-state index is 13.3. The lowest BCUT2D eigenvalue weighted by molar-refractivity contribution is -0.0563. The Balaban J connectivity index is 0.990. The van der Waals surface area contributed by atoms with Crippen molar-refractivity contribution in [3.8, 4) is 5.75 Å². The summed E-state index contributed by atoms with van der Waals surface area (Å²) in [6, 6.07) is 16.3. The number of benzene rings is 2. The van der Waals surface area contributed by atoms with Crippen molar-refractivity contribution in [1.82, 2.24) is 4.90 Å². The average Bonchev–Trinajstić information content (AvgIpc) is 3.04. The van der Waals surface area contributed by atoms with Crippen LogP contribution in [0.3, 0.4) is 0 Å². The second-order valence-corrected chi connectivity index (χ2v) is 13.5. The number of amides is 1. The number of piperidine rings is 1. The standard InChI is InChI=1S/C36H45NO6/c38-34(40-23-25-9-2-1-3-10-25)37-20-19-36-18-7-6-14-30(36)32(37)21-27-16-17-28(22-31(27)36)41-24-42-35(39)43-33-15-8-12-26-11-4-5-13-29(26)33/h1-3,9-10,16-17,22,26,29-30,32-33H,4-8,11-15,18-21,23-24H2/t26?,29?,30-,32+,33?,36+/m0/s1. The van der Waals surface area contributed by atoms with Crippen molar-refractivity contribution in [1.29, 1.82) is 0 Å². The number of rotatable bonds is 6. The van der Waals surface area contributed by atoms with Crippen LogP contribution in [0.25, 0.3) is 0 Å². The van der Waals surface area contributed by atoms with Gasteiger partial charge in [-0.1, -0.05) is 68.5 Å². The van der Waals surface area contributed by atoms with Crippen LogP contribution in [0, 0.1) is 17.8 Å². The molecule has 7 heteroatoms. The van der Waals surface area contributed by atoms with E-state index in [2.05, 4.69) is 12.1 Å². The fourth-order valence-electron chi connectivity index (χ4n) is 9.43. The van der Waals surface area contributed by atoms with Crippen LogP contribution >= 0.6 is 0 Å². The molecule has 6 atom stereocenters. The maximum atomic E-state index is 13.3. The highest BCUT2D eigenvalue weighted by atomic mass is 16.8. The van der Waals surface area contributed by atoms with Crippen LogP contribution in [0.1, 0.15) is 93.7 Å². The molecule has 0 spiro atoms. The molecule has 3 saturated carbocycles. The predicted molar refractivity (Wildman–Crippen MR) is 162 cm³/mol. The quantitative estimate of drug-likeness (QED) is 0.252. The highest BCUT2D eigenvalue weighted by molar-refractivity contribution is 5.69. The van der Waals surface area contributed by atoms with Crippen LogP contribution in [0.15, 0.2) is 48.5 Å². The first-order valence-corrected chi connectivity index (χ1v) is 16.7. The van der Waals surface area contributed by atoms with Gasteiger partial charge in [-0.2, -0.15) is 0 Å². The summed E-state index contributed by atoms with van der Waals surface area (Å²) < 4.78 is 23.0. The van der Waals surface area contributed by atoms with Crippen molar-refractivity contribution < 1.29 is 28.5 Å². The molecule has 0 N–H and O–H groups in total. The zero-order chi connectivity index (χ0) is 29.2. The lowest BCUT2D eigenvalue weighted by Gasteiger charge is -2.58. The molecule has 43 heavy (non-hydrogen) atoms. The van der Waals surface area contributed by atoms with E-state index < -0.39 is 6.16 Å². The minimum atomic E-state index is -0.616. The number of nitrogens with zero attached hydrogens (tertiary/aromatic N) is 1. The molecule has 0 aromatic heterocycles. The van der Waals surface area contributed by atoms with Crippen LogP contribution in [0.2, 0.25) is 0 Å². The molecule has 2 aromatic carbocycles. The number of fused-ring (bicyclic) bond motifs is 2. The van der Waals surface area contributed by atoms with E-state index in [4.69, 9.17) is 18.9 Å². The van der Waals surface area contributed by atoms with Gasteiger partial charge in [0.2, 0.25) is 6.79 Å². The predicted octanol–water partition coefficient (Wildman–Crippen LogP) is 7.93. The lowest BCUT2D eigenvalue weighted by atomic mass is 9.52. The van der Waals surface area contributed by atoms with Crippen LogP contribution in [0.5, 0.6) is 5.75 Å². The van der Waals surface area contributed by atoms with Crippen molar-refractivity contribution in [3.05, 3.63) is 65.2 Å².